The van der Waals surface area contributed by atoms with Gasteiger partial charge in [-0.05, 0) is 13.0 Å². The van der Waals surface area contributed by atoms with Gasteiger partial charge in [0.05, 0.1) is 18.8 Å². The highest BCUT2D eigenvalue weighted by Gasteiger charge is 2.19. The predicted molar refractivity (Wildman–Crippen MR) is 74.0 cm³/mol. The van der Waals surface area contributed by atoms with Crippen LogP contribution in [0.15, 0.2) is 28.7 Å². The molecular formula is C14H18N2O4. The second-order valence-electron chi connectivity index (χ2n) is 4.12. The fourth-order valence-electron chi connectivity index (χ4n) is 1.95. The van der Waals surface area contributed by atoms with Gasteiger partial charge in [-0.25, -0.2) is 5.84 Å². The molecule has 0 radical (unpaired) electrons. The third-order valence-corrected chi connectivity index (χ3v) is 2.84. The second kappa shape index (κ2) is 7.04. The van der Waals surface area contributed by atoms with Gasteiger partial charge in [0.2, 0.25) is 0 Å². The molecule has 2 aromatic rings. The maximum absolute atomic E-state index is 11.9. The van der Waals surface area contributed by atoms with Crippen molar-refractivity contribution in [2.24, 2.45) is 5.84 Å². The summed E-state index contributed by atoms with van der Waals surface area (Å²) in [4.78, 5) is 11.9. The van der Waals surface area contributed by atoms with Crippen LogP contribution in [0.1, 0.15) is 23.0 Å². The Labute approximate surface area is 116 Å². The van der Waals surface area contributed by atoms with E-state index in [0.29, 0.717) is 36.7 Å². The molecule has 20 heavy (non-hydrogen) atoms. The lowest BCUT2D eigenvalue weighted by Crippen LogP contribution is -2.30. The molecule has 0 saturated carbocycles. The third kappa shape index (κ3) is 3.16. The van der Waals surface area contributed by atoms with Crippen molar-refractivity contribution in [1.29, 1.82) is 0 Å². The number of benzene rings is 1. The quantitative estimate of drug-likeness (QED) is 0.347. The lowest BCUT2D eigenvalue weighted by Gasteiger charge is -2.04. The van der Waals surface area contributed by atoms with Gasteiger partial charge in [0.1, 0.15) is 18.0 Å². The Morgan fingerprint density at radius 1 is 1.30 bits per heavy atom. The van der Waals surface area contributed by atoms with Crippen LogP contribution in [0.2, 0.25) is 0 Å². The summed E-state index contributed by atoms with van der Waals surface area (Å²) >= 11 is 0. The molecule has 1 amide bonds. The summed E-state index contributed by atoms with van der Waals surface area (Å²) in [5.74, 6) is 5.29. The number of fused-ring (bicyclic) bond motifs is 1. The Morgan fingerprint density at radius 2 is 2.05 bits per heavy atom. The average Bonchev–Trinajstić information content (AvgIpc) is 2.84. The first-order valence-corrected chi connectivity index (χ1v) is 6.44. The number of nitrogens with one attached hydrogen (secondary N) is 1. The number of carbonyl (C=O) groups is 1. The molecule has 0 aliphatic heterocycles. The van der Waals surface area contributed by atoms with Crippen LogP contribution in [0, 0.1) is 0 Å². The largest absolute Gasteiger partial charge is 0.458 e. The molecule has 108 valence electrons. The summed E-state index contributed by atoms with van der Waals surface area (Å²) in [6.45, 7) is 3.71. The molecule has 1 aromatic carbocycles. The van der Waals surface area contributed by atoms with Gasteiger partial charge in [-0.1, -0.05) is 18.2 Å². The van der Waals surface area contributed by atoms with Crippen LogP contribution >= 0.6 is 0 Å². The first kappa shape index (κ1) is 14.5. The Bertz CT molecular complexity index is 580. The Morgan fingerprint density at radius 3 is 2.80 bits per heavy atom. The molecular weight excluding hydrogens is 260 g/mol. The smallest absolute Gasteiger partial charge is 0.269 e. The molecule has 0 fully saturated rings. The Hall–Kier alpha value is -1.89. The number of hydrazine groups is 1. The van der Waals surface area contributed by atoms with Gasteiger partial charge >= 0.3 is 0 Å². The number of ether oxygens (including phenoxy) is 2. The van der Waals surface area contributed by atoms with Gasteiger partial charge in [-0.15, -0.1) is 0 Å². The lowest BCUT2D eigenvalue weighted by molar-refractivity contribution is 0.0391. The molecule has 0 saturated heterocycles. The highest BCUT2D eigenvalue weighted by Crippen LogP contribution is 2.26. The van der Waals surface area contributed by atoms with Crippen LogP contribution in [0.25, 0.3) is 11.0 Å². The highest BCUT2D eigenvalue weighted by atomic mass is 16.5. The normalized spacial score (nSPS) is 10.9. The fourth-order valence-corrected chi connectivity index (χ4v) is 1.95. The van der Waals surface area contributed by atoms with Crippen molar-refractivity contribution < 1.29 is 18.7 Å². The van der Waals surface area contributed by atoms with Crippen LogP contribution in [0.4, 0.5) is 0 Å². The minimum atomic E-state index is -0.390. The van der Waals surface area contributed by atoms with Gasteiger partial charge in [-0.3, -0.25) is 10.2 Å². The van der Waals surface area contributed by atoms with E-state index < -0.39 is 5.91 Å². The second-order valence-corrected chi connectivity index (χ2v) is 4.12. The third-order valence-electron chi connectivity index (χ3n) is 2.84. The van der Waals surface area contributed by atoms with E-state index in [9.17, 15) is 4.79 Å². The molecule has 0 aliphatic carbocycles. The van der Waals surface area contributed by atoms with Crippen LogP contribution < -0.4 is 11.3 Å². The summed E-state index contributed by atoms with van der Waals surface area (Å²) < 4.78 is 16.3. The molecule has 0 unspecified atom stereocenters. The number of nitrogens with two attached hydrogens (primary N) is 1. The Balaban J connectivity index is 2.16. The van der Waals surface area contributed by atoms with Crippen molar-refractivity contribution in [3.05, 3.63) is 35.6 Å². The summed E-state index contributed by atoms with van der Waals surface area (Å²) in [7, 11) is 0. The van der Waals surface area contributed by atoms with E-state index in [1.807, 2.05) is 25.1 Å². The maximum Gasteiger partial charge on any atom is 0.269 e. The number of hydrogen-bond acceptors (Lipinski definition) is 5. The molecule has 6 heteroatoms. The van der Waals surface area contributed by atoms with Crippen LogP contribution in [0.5, 0.6) is 0 Å². The number of furan rings is 1. The first-order chi connectivity index (χ1) is 9.77. The molecule has 6 nitrogen and oxygen atoms in total. The van der Waals surface area contributed by atoms with Gasteiger partial charge < -0.3 is 13.9 Å². The van der Waals surface area contributed by atoms with E-state index in [1.54, 1.807) is 6.07 Å². The molecule has 0 spiro atoms. The standard InChI is InChI=1S/C14H18N2O4/c1-2-18-7-8-19-9-12-13(14(17)16-15)10-5-3-4-6-11(10)20-12/h3-6H,2,7-9,15H2,1H3,(H,16,17). The summed E-state index contributed by atoms with van der Waals surface area (Å²) in [6, 6.07) is 7.29. The number of hydrogen-bond donors (Lipinski definition) is 2. The molecule has 3 N–H and O–H groups in total. The van der Waals surface area contributed by atoms with Crippen molar-refractivity contribution in [2.75, 3.05) is 19.8 Å². The minimum absolute atomic E-state index is 0.199. The van der Waals surface area contributed by atoms with Crippen LogP contribution in [-0.2, 0) is 16.1 Å². The molecule has 0 atom stereocenters. The first-order valence-electron chi connectivity index (χ1n) is 6.44. The average molecular weight is 278 g/mol. The van der Waals surface area contributed by atoms with Gasteiger partial charge in [0.25, 0.3) is 5.91 Å². The van der Waals surface area contributed by atoms with Gasteiger partial charge in [0.15, 0.2) is 0 Å². The number of para-hydroxylation sites is 1. The van der Waals surface area contributed by atoms with E-state index in [2.05, 4.69) is 5.43 Å². The highest BCUT2D eigenvalue weighted by molar-refractivity contribution is 6.06. The SMILES string of the molecule is CCOCCOCc1oc2ccccc2c1C(=O)NN. The van der Waals surface area contributed by atoms with Crippen molar-refractivity contribution in [2.45, 2.75) is 13.5 Å². The van der Waals surface area contributed by atoms with Crippen molar-refractivity contribution >= 4 is 16.9 Å². The zero-order chi connectivity index (χ0) is 14.4. The monoisotopic (exact) mass is 278 g/mol. The van der Waals surface area contributed by atoms with Crippen molar-refractivity contribution in [1.82, 2.24) is 5.43 Å². The van der Waals surface area contributed by atoms with Crippen molar-refractivity contribution in [3.63, 3.8) is 0 Å². The maximum atomic E-state index is 11.9. The van der Waals surface area contributed by atoms with E-state index in [1.165, 1.54) is 0 Å². The van der Waals surface area contributed by atoms with Crippen molar-refractivity contribution in [3.8, 4) is 0 Å². The molecule has 2 rings (SSSR count). The lowest BCUT2D eigenvalue weighted by atomic mass is 10.1. The summed E-state index contributed by atoms with van der Waals surface area (Å²) in [6.07, 6.45) is 0. The predicted octanol–water partition coefficient (Wildman–Crippen LogP) is 1.59. The summed E-state index contributed by atoms with van der Waals surface area (Å²) in [5, 5.41) is 0.721. The van der Waals surface area contributed by atoms with E-state index in [4.69, 9.17) is 19.7 Å². The number of rotatable bonds is 7. The van der Waals surface area contributed by atoms with Gasteiger partial charge in [-0.2, -0.15) is 0 Å². The summed E-state index contributed by atoms with van der Waals surface area (Å²) in [5.41, 5.74) is 3.18. The molecule has 0 aliphatic rings. The number of amides is 1. The van der Waals surface area contributed by atoms with E-state index in [0.717, 1.165) is 5.39 Å². The fraction of sp³-hybridized carbons (Fsp3) is 0.357. The zero-order valence-corrected chi connectivity index (χ0v) is 11.3. The van der Waals surface area contributed by atoms with E-state index >= 15 is 0 Å². The molecule has 1 aromatic heterocycles. The zero-order valence-electron chi connectivity index (χ0n) is 11.3. The van der Waals surface area contributed by atoms with Crippen LogP contribution in [-0.4, -0.2) is 25.7 Å². The van der Waals surface area contributed by atoms with Crippen LogP contribution in [0.3, 0.4) is 0 Å². The Kier molecular flexibility index (Phi) is 5.11. The number of carbonyl (C=O) groups excluding carboxylic acids is 1. The molecule has 1 heterocycles. The molecule has 0 bridgehead atoms. The van der Waals surface area contributed by atoms with E-state index in [-0.39, 0.29) is 6.61 Å². The van der Waals surface area contributed by atoms with Gasteiger partial charge in [0, 0.05) is 12.0 Å². The topological polar surface area (TPSA) is 86.7 Å². The number of nitrogen functional groups attached to an aromatic ring is 1. The minimum Gasteiger partial charge on any atom is -0.458 e.